The van der Waals surface area contributed by atoms with Crippen molar-refractivity contribution >= 4 is 11.8 Å². The lowest BCUT2D eigenvalue weighted by atomic mass is 10.2. The van der Waals surface area contributed by atoms with E-state index in [9.17, 15) is 9.59 Å². The minimum Gasteiger partial charge on any atom is -0.350 e. The molecule has 1 aliphatic heterocycles. The maximum Gasteiger partial charge on any atom is 0.234 e. The van der Waals surface area contributed by atoms with Crippen LogP contribution in [0.2, 0.25) is 0 Å². The molecule has 0 bridgehead atoms. The normalized spacial score (nSPS) is 21.9. The number of hydrogen-bond acceptors (Lipinski definition) is 3. The average molecular weight is 199 g/mol. The molecular formula is C9H17N3O2. The first kappa shape index (κ1) is 11.0. The summed E-state index contributed by atoms with van der Waals surface area (Å²) in [6.45, 7) is 0.992. The summed E-state index contributed by atoms with van der Waals surface area (Å²) in [6.07, 6.45) is 0.426. The summed E-state index contributed by atoms with van der Waals surface area (Å²) in [6, 6.07) is -0.0139. The van der Waals surface area contributed by atoms with Crippen LogP contribution in [0.1, 0.15) is 6.42 Å². The van der Waals surface area contributed by atoms with Gasteiger partial charge in [-0.15, -0.1) is 0 Å². The number of hydrogen-bond donors (Lipinski definition) is 1. The van der Waals surface area contributed by atoms with E-state index in [4.69, 9.17) is 0 Å². The van der Waals surface area contributed by atoms with Crippen LogP contribution in [0, 0.1) is 0 Å². The van der Waals surface area contributed by atoms with Gasteiger partial charge in [-0.2, -0.15) is 0 Å². The van der Waals surface area contributed by atoms with Crippen LogP contribution >= 0.6 is 0 Å². The molecule has 1 fully saturated rings. The van der Waals surface area contributed by atoms with E-state index >= 15 is 0 Å². The van der Waals surface area contributed by atoms with Gasteiger partial charge in [0.25, 0.3) is 0 Å². The standard InChI is InChI=1S/C9H17N3O2/c1-11(2)6-8(13)10-7-4-9(14)12(3)5-7/h7H,4-6H2,1-3H3,(H,10,13). The Morgan fingerprint density at radius 3 is 2.71 bits per heavy atom. The first-order valence-electron chi connectivity index (χ1n) is 4.67. The first-order chi connectivity index (χ1) is 6.49. The molecule has 1 heterocycles. The predicted molar refractivity (Wildman–Crippen MR) is 52.7 cm³/mol. The van der Waals surface area contributed by atoms with Crippen LogP contribution in [0.5, 0.6) is 0 Å². The van der Waals surface area contributed by atoms with E-state index in [1.807, 2.05) is 14.1 Å². The Morgan fingerprint density at radius 2 is 2.29 bits per heavy atom. The summed E-state index contributed by atoms with van der Waals surface area (Å²) in [5.74, 6) is 0.0725. The quantitative estimate of drug-likeness (QED) is 0.627. The Balaban J connectivity index is 2.32. The average Bonchev–Trinajstić information content (AvgIpc) is 2.28. The Bertz CT molecular complexity index is 240. The molecule has 0 aliphatic carbocycles. The molecule has 1 rings (SSSR count). The number of nitrogens with zero attached hydrogens (tertiary/aromatic N) is 2. The Labute approximate surface area is 84.0 Å². The second-order valence-corrected chi connectivity index (χ2v) is 3.98. The molecule has 0 aromatic rings. The van der Waals surface area contributed by atoms with Crippen molar-refractivity contribution in [2.45, 2.75) is 12.5 Å². The van der Waals surface area contributed by atoms with Crippen LogP contribution in [0.3, 0.4) is 0 Å². The summed E-state index contributed by atoms with van der Waals surface area (Å²) in [7, 11) is 5.43. The maximum absolute atomic E-state index is 11.3. The molecule has 1 atom stereocenters. The number of likely N-dealkylation sites (tertiary alicyclic amines) is 1. The van der Waals surface area contributed by atoms with Crippen LogP contribution in [0.4, 0.5) is 0 Å². The maximum atomic E-state index is 11.3. The topological polar surface area (TPSA) is 52.7 Å². The Hall–Kier alpha value is -1.10. The molecule has 2 amide bonds. The van der Waals surface area contributed by atoms with Crippen molar-refractivity contribution in [1.29, 1.82) is 0 Å². The van der Waals surface area contributed by atoms with E-state index in [1.165, 1.54) is 0 Å². The highest BCUT2D eigenvalue weighted by Crippen LogP contribution is 2.07. The summed E-state index contributed by atoms with van der Waals surface area (Å²) in [4.78, 5) is 25.9. The molecule has 0 spiro atoms. The zero-order valence-electron chi connectivity index (χ0n) is 8.91. The lowest BCUT2D eigenvalue weighted by molar-refractivity contribution is -0.126. The van der Waals surface area contributed by atoms with Gasteiger partial charge in [-0.1, -0.05) is 0 Å². The Kier molecular flexibility index (Phi) is 3.46. The summed E-state index contributed by atoms with van der Waals surface area (Å²) < 4.78 is 0. The Morgan fingerprint density at radius 1 is 1.64 bits per heavy atom. The molecule has 5 heteroatoms. The minimum absolute atomic E-state index is 0.0139. The van der Waals surface area contributed by atoms with Gasteiger partial charge in [-0.25, -0.2) is 0 Å². The van der Waals surface area contributed by atoms with Crippen LogP contribution in [-0.2, 0) is 9.59 Å². The molecule has 1 unspecified atom stereocenters. The van der Waals surface area contributed by atoms with Gasteiger partial charge in [-0.3, -0.25) is 9.59 Å². The van der Waals surface area contributed by atoms with E-state index in [2.05, 4.69) is 5.32 Å². The number of rotatable bonds is 3. The molecule has 80 valence electrons. The molecule has 0 saturated carbocycles. The van der Waals surface area contributed by atoms with Crippen LogP contribution < -0.4 is 5.32 Å². The number of carbonyl (C=O) groups excluding carboxylic acids is 2. The molecule has 1 N–H and O–H groups in total. The first-order valence-corrected chi connectivity index (χ1v) is 4.67. The highest BCUT2D eigenvalue weighted by atomic mass is 16.2. The number of likely N-dealkylation sites (N-methyl/N-ethyl adjacent to an activating group) is 2. The fraction of sp³-hybridized carbons (Fsp3) is 0.778. The fourth-order valence-electron chi connectivity index (χ4n) is 1.52. The highest BCUT2D eigenvalue weighted by Gasteiger charge is 2.27. The third kappa shape index (κ3) is 2.99. The fourth-order valence-corrected chi connectivity index (χ4v) is 1.52. The van der Waals surface area contributed by atoms with Crippen molar-refractivity contribution < 1.29 is 9.59 Å². The molecular weight excluding hydrogens is 182 g/mol. The van der Waals surface area contributed by atoms with Gasteiger partial charge in [0.2, 0.25) is 11.8 Å². The monoisotopic (exact) mass is 199 g/mol. The van der Waals surface area contributed by atoms with Crippen molar-refractivity contribution in [1.82, 2.24) is 15.1 Å². The van der Waals surface area contributed by atoms with Crippen molar-refractivity contribution in [3.05, 3.63) is 0 Å². The van der Waals surface area contributed by atoms with Gasteiger partial charge in [0.05, 0.1) is 12.6 Å². The number of carbonyl (C=O) groups is 2. The van der Waals surface area contributed by atoms with Crippen molar-refractivity contribution in [3.8, 4) is 0 Å². The molecule has 1 saturated heterocycles. The van der Waals surface area contributed by atoms with Gasteiger partial charge in [0.15, 0.2) is 0 Å². The zero-order chi connectivity index (χ0) is 10.7. The third-order valence-corrected chi connectivity index (χ3v) is 2.17. The smallest absolute Gasteiger partial charge is 0.234 e. The third-order valence-electron chi connectivity index (χ3n) is 2.17. The molecule has 0 radical (unpaired) electrons. The van der Waals surface area contributed by atoms with Crippen LogP contribution in [-0.4, -0.2) is 61.9 Å². The van der Waals surface area contributed by atoms with E-state index in [-0.39, 0.29) is 17.9 Å². The zero-order valence-corrected chi connectivity index (χ0v) is 8.91. The highest BCUT2D eigenvalue weighted by molar-refractivity contribution is 5.82. The predicted octanol–water partition coefficient (Wildman–Crippen LogP) is -1.11. The minimum atomic E-state index is -0.0249. The van der Waals surface area contributed by atoms with Crippen LogP contribution in [0.15, 0.2) is 0 Å². The summed E-state index contributed by atoms with van der Waals surface area (Å²) >= 11 is 0. The summed E-state index contributed by atoms with van der Waals surface area (Å²) in [5, 5.41) is 2.83. The van der Waals surface area contributed by atoms with Gasteiger partial charge in [0, 0.05) is 20.0 Å². The molecule has 14 heavy (non-hydrogen) atoms. The molecule has 1 aliphatic rings. The second kappa shape index (κ2) is 4.41. The lowest BCUT2D eigenvalue weighted by Gasteiger charge is -2.14. The van der Waals surface area contributed by atoms with Crippen molar-refractivity contribution in [2.75, 3.05) is 34.2 Å². The SMILES string of the molecule is CN(C)CC(=O)NC1CC(=O)N(C)C1. The number of nitrogens with one attached hydrogen (secondary N) is 1. The lowest BCUT2D eigenvalue weighted by Crippen LogP contribution is -2.41. The van der Waals surface area contributed by atoms with Crippen molar-refractivity contribution in [3.63, 3.8) is 0 Å². The number of amides is 2. The van der Waals surface area contributed by atoms with E-state index < -0.39 is 0 Å². The van der Waals surface area contributed by atoms with Crippen molar-refractivity contribution in [2.24, 2.45) is 0 Å². The van der Waals surface area contributed by atoms with E-state index in [0.717, 1.165) is 0 Å². The van der Waals surface area contributed by atoms with E-state index in [0.29, 0.717) is 19.5 Å². The summed E-state index contributed by atoms with van der Waals surface area (Å²) in [5.41, 5.74) is 0. The van der Waals surface area contributed by atoms with Gasteiger partial charge >= 0.3 is 0 Å². The second-order valence-electron chi connectivity index (χ2n) is 3.98. The molecule has 0 aromatic carbocycles. The molecule has 5 nitrogen and oxygen atoms in total. The van der Waals surface area contributed by atoms with Crippen LogP contribution in [0.25, 0.3) is 0 Å². The van der Waals surface area contributed by atoms with Gasteiger partial charge in [-0.05, 0) is 14.1 Å². The molecule has 0 aromatic heterocycles. The van der Waals surface area contributed by atoms with E-state index in [1.54, 1.807) is 16.8 Å². The van der Waals surface area contributed by atoms with Gasteiger partial charge in [0.1, 0.15) is 0 Å². The largest absolute Gasteiger partial charge is 0.350 e. The van der Waals surface area contributed by atoms with Gasteiger partial charge < -0.3 is 15.1 Å².